The number of ether oxygens (including phenoxy) is 2. The highest BCUT2D eigenvalue weighted by Gasteiger charge is 2.43. The topological polar surface area (TPSA) is 77.4 Å². The monoisotopic (exact) mass is 711 g/mol. The highest BCUT2D eigenvalue weighted by molar-refractivity contribution is 5.91. The number of aryl methyl sites for hydroxylation is 1. The second-order valence-corrected chi connectivity index (χ2v) is 11.4. The molecule has 50 heavy (non-hydrogen) atoms. The average molecular weight is 712 g/mol. The van der Waals surface area contributed by atoms with Gasteiger partial charge in [-0.3, -0.25) is 0 Å². The summed E-state index contributed by atoms with van der Waals surface area (Å²) in [5.74, 6) is -0.928. The Labute approximate surface area is 278 Å². The van der Waals surface area contributed by atoms with Gasteiger partial charge in [0, 0.05) is 5.56 Å². The number of oxime groups is 1. The number of carbonyl (C=O) groups is 1. The van der Waals surface area contributed by atoms with Crippen molar-refractivity contribution < 1.29 is 63.7 Å². The maximum atomic E-state index is 12.8. The minimum Gasteiger partial charge on any atom is -0.496 e. The van der Waals surface area contributed by atoms with Gasteiger partial charge < -0.3 is 19.4 Å². The summed E-state index contributed by atoms with van der Waals surface area (Å²) in [5, 5.41) is 12.8. The molecule has 4 aromatic rings. The van der Waals surface area contributed by atoms with Gasteiger partial charge in [-0.1, -0.05) is 29.4 Å². The third-order valence-corrected chi connectivity index (χ3v) is 8.07. The molecule has 15 heteroatoms. The molecule has 6 nitrogen and oxygen atoms in total. The van der Waals surface area contributed by atoms with Crippen molar-refractivity contribution in [2.75, 3.05) is 20.3 Å². The second-order valence-electron chi connectivity index (χ2n) is 11.4. The van der Waals surface area contributed by atoms with Crippen LogP contribution in [0.3, 0.4) is 0 Å². The van der Waals surface area contributed by atoms with Gasteiger partial charge in [-0.25, -0.2) is 4.79 Å². The van der Waals surface area contributed by atoms with E-state index in [1.807, 2.05) is 19.1 Å². The second kappa shape index (κ2) is 13.7. The molecule has 0 saturated carbocycles. The fourth-order valence-corrected chi connectivity index (χ4v) is 5.54. The Bertz CT molecular complexity index is 1880. The van der Waals surface area contributed by atoms with E-state index < -0.39 is 53.2 Å². The number of carboxylic acid groups (broad SMARTS) is 1. The van der Waals surface area contributed by atoms with Crippen molar-refractivity contribution in [2.45, 2.75) is 31.6 Å². The zero-order valence-electron chi connectivity index (χ0n) is 26.0. The van der Waals surface area contributed by atoms with Crippen LogP contribution < -0.4 is 4.74 Å². The Kier molecular flexibility index (Phi) is 9.92. The highest BCUT2D eigenvalue weighted by atomic mass is 19.4. The predicted octanol–water partition coefficient (Wildman–Crippen LogP) is 9.85. The number of halogens is 9. The van der Waals surface area contributed by atoms with E-state index in [0.29, 0.717) is 34.7 Å². The first kappa shape index (κ1) is 36.2. The third-order valence-electron chi connectivity index (χ3n) is 8.07. The van der Waals surface area contributed by atoms with Crippen molar-refractivity contribution in [3.8, 4) is 28.0 Å². The molecule has 2 aliphatic heterocycles. The van der Waals surface area contributed by atoms with Gasteiger partial charge in [-0.2, -0.15) is 39.5 Å². The summed E-state index contributed by atoms with van der Waals surface area (Å²) in [6.45, 7) is 2.14. The van der Waals surface area contributed by atoms with E-state index in [2.05, 4.69) is 5.16 Å². The predicted molar refractivity (Wildman–Crippen MR) is 163 cm³/mol. The Morgan fingerprint density at radius 3 is 1.90 bits per heavy atom. The fourth-order valence-electron chi connectivity index (χ4n) is 5.54. The summed E-state index contributed by atoms with van der Waals surface area (Å²) >= 11 is 0. The highest BCUT2D eigenvalue weighted by Crippen LogP contribution is 2.42. The zero-order chi connectivity index (χ0) is 36.6. The lowest BCUT2D eigenvalue weighted by Crippen LogP contribution is -2.18. The molecule has 0 amide bonds. The molecule has 0 radical (unpaired) electrons. The molecule has 0 aliphatic carbocycles. The van der Waals surface area contributed by atoms with E-state index in [0.717, 1.165) is 28.8 Å². The molecular weight excluding hydrogens is 685 g/mol. The number of benzene rings is 4. The van der Waals surface area contributed by atoms with Gasteiger partial charge in [0.05, 0.1) is 54.2 Å². The van der Waals surface area contributed by atoms with Crippen molar-refractivity contribution >= 4 is 11.7 Å². The summed E-state index contributed by atoms with van der Waals surface area (Å²) in [6, 6.07) is 16.5. The largest absolute Gasteiger partial charge is 0.496 e. The Balaban J connectivity index is 0.000000200. The summed E-state index contributed by atoms with van der Waals surface area (Å²) in [6.07, 6.45) is -15.2. The van der Waals surface area contributed by atoms with E-state index in [4.69, 9.17) is 19.4 Å². The van der Waals surface area contributed by atoms with Gasteiger partial charge in [-0.15, -0.1) is 0 Å². The van der Waals surface area contributed by atoms with Gasteiger partial charge in [0.15, 0.2) is 6.10 Å². The fraction of sp³-hybridized carbons (Fsp3) is 0.257. The lowest BCUT2D eigenvalue weighted by Gasteiger charge is -2.19. The molecule has 1 saturated heterocycles. The molecule has 264 valence electrons. The normalized spacial score (nSPS) is 17.3. The molecule has 2 atom stereocenters. The summed E-state index contributed by atoms with van der Waals surface area (Å²) in [5.41, 5.74) is 0.689. The minimum atomic E-state index is -4.88. The van der Waals surface area contributed by atoms with Crippen LogP contribution in [-0.2, 0) is 28.1 Å². The van der Waals surface area contributed by atoms with E-state index in [9.17, 15) is 44.3 Å². The van der Waals surface area contributed by atoms with Crippen LogP contribution in [0.25, 0.3) is 22.3 Å². The SMILES string of the molecule is COc1ccc(-c2ccc(C(=O)O)cc2C)cc1-c1ccc(C(F)(F)F)cc1.FC(F)(F)c1cc(C2ON=C3COCC32)cc(C(F)(F)F)c1. The van der Waals surface area contributed by atoms with Crippen LogP contribution in [0.5, 0.6) is 5.75 Å². The van der Waals surface area contributed by atoms with Crippen molar-refractivity contribution in [3.05, 3.63) is 112 Å². The molecule has 1 N–H and O–H groups in total. The van der Waals surface area contributed by atoms with Crippen LogP contribution in [0.1, 0.15) is 44.3 Å². The number of fused-ring (bicyclic) bond motifs is 1. The van der Waals surface area contributed by atoms with E-state index >= 15 is 0 Å². The number of aromatic carboxylic acids is 1. The van der Waals surface area contributed by atoms with Crippen LogP contribution >= 0.6 is 0 Å². The number of hydrogen-bond acceptors (Lipinski definition) is 5. The molecular formula is C35H26F9NO5. The van der Waals surface area contributed by atoms with Gasteiger partial charge in [0.2, 0.25) is 0 Å². The molecule has 0 bridgehead atoms. The smallest absolute Gasteiger partial charge is 0.416 e. The van der Waals surface area contributed by atoms with Crippen LogP contribution in [0, 0.1) is 12.8 Å². The summed E-state index contributed by atoms with van der Waals surface area (Å²) in [7, 11) is 1.50. The first-order valence-electron chi connectivity index (χ1n) is 14.7. The van der Waals surface area contributed by atoms with Crippen LogP contribution in [0.4, 0.5) is 39.5 Å². The van der Waals surface area contributed by atoms with Crippen molar-refractivity contribution in [1.29, 1.82) is 0 Å². The quantitative estimate of drug-likeness (QED) is 0.209. The lowest BCUT2D eigenvalue weighted by atomic mass is 9.92. The van der Waals surface area contributed by atoms with E-state index in [1.54, 1.807) is 18.2 Å². The Morgan fingerprint density at radius 2 is 1.36 bits per heavy atom. The van der Waals surface area contributed by atoms with Gasteiger partial charge >= 0.3 is 24.5 Å². The Hall–Kier alpha value is -5.05. The lowest BCUT2D eigenvalue weighted by molar-refractivity contribution is -0.143. The number of hydrogen-bond donors (Lipinski definition) is 1. The zero-order valence-corrected chi connectivity index (χ0v) is 26.0. The van der Waals surface area contributed by atoms with Gasteiger partial charge in [0.25, 0.3) is 0 Å². The molecule has 2 heterocycles. The molecule has 4 aromatic carbocycles. The van der Waals surface area contributed by atoms with Crippen molar-refractivity contribution in [3.63, 3.8) is 0 Å². The maximum Gasteiger partial charge on any atom is 0.416 e. The average Bonchev–Trinajstić information content (AvgIpc) is 3.68. The number of rotatable bonds is 5. The minimum absolute atomic E-state index is 0.0887. The molecule has 2 aliphatic rings. The first-order valence-corrected chi connectivity index (χ1v) is 14.7. The molecule has 0 aromatic heterocycles. The number of nitrogens with zero attached hydrogens (tertiary/aromatic N) is 1. The Morgan fingerprint density at radius 1 is 0.760 bits per heavy atom. The van der Waals surface area contributed by atoms with Gasteiger partial charge in [0.1, 0.15) is 5.75 Å². The van der Waals surface area contributed by atoms with E-state index in [-0.39, 0.29) is 30.4 Å². The van der Waals surface area contributed by atoms with Crippen molar-refractivity contribution in [1.82, 2.24) is 0 Å². The molecule has 1 fully saturated rings. The molecule has 6 rings (SSSR count). The molecule has 2 unspecified atom stereocenters. The van der Waals surface area contributed by atoms with Crippen LogP contribution in [-0.4, -0.2) is 37.1 Å². The van der Waals surface area contributed by atoms with E-state index in [1.165, 1.54) is 25.3 Å². The number of alkyl halides is 9. The third kappa shape index (κ3) is 7.88. The summed E-state index contributed by atoms with van der Waals surface area (Å²) < 4.78 is 126. The number of methoxy groups -OCH3 is 1. The standard InChI is InChI=1S/C22H17F3O3.C13H9F6NO2/c1-13-11-16(21(26)27)5-9-18(13)15-6-10-20(28-2)19(12-15)14-3-7-17(8-4-14)22(23,24)25;14-12(15,16)7-1-6(2-8(3-7)13(17,18)19)11-9-4-21-5-10(9)20-22-11/h3-12H,1-2H3,(H,26,27);1-3,9,11H,4-5H2. The van der Waals surface area contributed by atoms with Gasteiger partial charge in [-0.05, 0) is 89.3 Å². The first-order chi connectivity index (χ1) is 23.4. The summed E-state index contributed by atoms with van der Waals surface area (Å²) in [4.78, 5) is 16.1. The van der Waals surface area contributed by atoms with Crippen molar-refractivity contribution in [2.24, 2.45) is 11.1 Å². The molecule has 0 spiro atoms. The number of carboxylic acids is 1. The van der Waals surface area contributed by atoms with Crippen LogP contribution in [0.15, 0.2) is 84.0 Å². The maximum absolute atomic E-state index is 12.8. The van der Waals surface area contributed by atoms with Crippen LogP contribution in [0.2, 0.25) is 0 Å².